The van der Waals surface area contributed by atoms with Gasteiger partial charge in [-0.2, -0.15) is 0 Å². The predicted octanol–water partition coefficient (Wildman–Crippen LogP) is 3.44. The largest absolute Gasteiger partial charge is 0.297 e. The highest BCUT2D eigenvalue weighted by Crippen LogP contribution is 2.31. The Balaban J connectivity index is 1.40. The maximum Gasteiger partial charge on any atom is 0.251 e. The molecule has 5 nitrogen and oxygen atoms in total. The first kappa shape index (κ1) is 19.4. The summed E-state index contributed by atoms with van der Waals surface area (Å²) in [6.07, 6.45) is 0.206. The van der Waals surface area contributed by atoms with E-state index in [-0.39, 0.29) is 18.2 Å². The molecule has 4 rings (SSSR count). The summed E-state index contributed by atoms with van der Waals surface area (Å²) in [5.74, 6) is -0.375. The van der Waals surface area contributed by atoms with E-state index < -0.39 is 6.04 Å². The second kappa shape index (κ2) is 8.21. The average molecular weight is 418 g/mol. The predicted molar refractivity (Wildman–Crippen MR) is 111 cm³/mol. The topological polar surface area (TPSA) is 43.9 Å². The number of piperazine rings is 1. The molecule has 2 aliphatic heterocycles. The van der Waals surface area contributed by atoms with E-state index >= 15 is 0 Å². The standard InChI is InChI=1S/C21H21Cl2N3O2/c22-17-7-6-16(12-18(17)23)26-20(27)13-19(21(26)28)25-10-8-24(9-11-25)14-15-4-2-1-3-5-15/h1-7,12,19H,8-11,13-14H2/t19-/m0/s1. The SMILES string of the molecule is O=C1C[C@H](N2CCN(Cc3ccccc3)CC2)C(=O)N1c1ccc(Cl)c(Cl)c1. The van der Waals surface area contributed by atoms with E-state index in [1.165, 1.54) is 10.5 Å². The van der Waals surface area contributed by atoms with Crippen molar-refractivity contribution >= 4 is 40.7 Å². The Kier molecular flexibility index (Phi) is 5.69. The van der Waals surface area contributed by atoms with E-state index in [1.807, 2.05) is 18.2 Å². The summed E-state index contributed by atoms with van der Waals surface area (Å²) in [6, 6.07) is 14.8. The van der Waals surface area contributed by atoms with Gasteiger partial charge in [-0.05, 0) is 23.8 Å². The highest BCUT2D eigenvalue weighted by molar-refractivity contribution is 6.42. The molecule has 1 atom stereocenters. The van der Waals surface area contributed by atoms with Crippen LogP contribution in [0.2, 0.25) is 10.0 Å². The van der Waals surface area contributed by atoms with Crippen molar-refractivity contribution in [2.75, 3.05) is 31.1 Å². The summed E-state index contributed by atoms with van der Waals surface area (Å²) < 4.78 is 0. The first-order valence-corrected chi connectivity index (χ1v) is 10.1. The van der Waals surface area contributed by atoms with Gasteiger partial charge in [0.2, 0.25) is 5.91 Å². The molecule has 0 aromatic heterocycles. The number of amides is 2. The van der Waals surface area contributed by atoms with E-state index in [4.69, 9.17) is 23.2 Å². The van der Waals surface area contributed by atoms with Crippen molar-refractivity contribution in [2.45, 2.75) is 19.0 Å². The summed E-state index contributed by atoms with van der Waals surface area (Å²) >= 11 is 12.0. The Bertz CT molecular complexity index is 882. The van der Waals surface area contributed by atoms with Crippen LogP contribution in [0.4, 0.5) is 5.69 Å². The van der Waals surface area contributed by atoms with E-state index in [0.717, 1.165) is 32.7 Å². The number of imide groups is 1. The summed E-state index contributed by atoms with van der Waals surface area (Å²) in [5.41, 5.74) is 1.77. The van der Waals surface area contributed by atoms with Crippen LogP contribution in [0.3, 0.4) is 0 Å². The van der Waals surface area contributed by atoms with Gasteiger partial charge in [0, 0.05) is 32.7 Å². The molecule has 0 spiro atoms. The molecule has 0 bridgehead atoms. The van der Waals surface area contributed by atoms with Gasteiger partial charge in [-0.3, -0.25) is 19.4 Å². The number of hydrogen-bond acceptors (Lipinski definition) is 4. The van der Waals surface area contributed by atoms with E-state index in [0.29, 0.717) is 15.7 Å². The quantitative estimate of drug-likeness (QED) is 0.714. The lowest BCUT2D eigenvalue weighted by molar-refractivity contribution is -0.123. The second-order valence-electron chi connectivity index (χ2n) is 7.18. The molecule has 2 aliphatic rings. The molecule has 28 heavy (non-hydrogen) atoms. The molecule has 0 aliphatic carbocycles. The molecule has 2 aromatic carbocycles. The smallest absolute Gasteiger partial charge is 0.251 e. The van der Waals surface area contributed by atoms with Crippen molar-refractivity contribution in [3.63, 3.8) is 0 Å². The van der Waals surface area contributed by atoms with Gasteiger partial charge in [0.25, 0.3) is 5.91 Å². The Labute approximate surface area is 174 Å². The van der Waals surface area contributed by atoms with Crippen molar-refractivity contribution < 1.29 is 9.59 Å². The number of rotatable bonds is 4. The molecule has 2 saturated heterocycles. The van der Waals surface area contributed by atoms with Crippen LogP contribution >= 0.6 is 23.2 Å². The summed E-state index contributed by atoms with van der Waals surface area (Å²) in [6.45, 7) is 4.19. The van der Waals surface area contributed by atoms with Crippen molar-refractivity contribution in [3.8, 4) is 0 Å². The van der Waals surface area contributed by atoms with E-state index in [1.54, 1.807) is 18.2 Å². The Morgan fingerprint density at radius 3 is 2.29 bits per heavy atom. The number of anilines is 1. The molecule has 7 heteroatoms. The molecule has 2 aromatic rings. The second-order valence-corrected chi connectivity index (χ2v) is 8.00. The lowest BCUT2D eigenvalue weighted by Gasteiger charge is -2.37. The summed E-state index contributed by atoms with van der Waals surface area (Å²) in [4.78, 5) is 31.2. The zero-order chi connectivity index (χ0) is 19.7. The van der Waals surface area contributed by atoms with Crippen LogP contribution in [0.15, 0.2) is 48.5 Å². The molecule has 0 unspecified atom stereocenters. The number of halogens is 2. The number of carbonyl (C=O) groups is 2. The Morgan fingerprint density at radius 1 is 0.893 bits per heavy atom. The fourth-order valence-electron chi connectivity index (χ4n) is 3.87. The number of nitrogens with zero attached hydrogens (tertiary/aromatic N) is 3. The molecule has 2 fully saturated rings. The molecular formula is C21H21Cl2N3O2. The summed E-state index contributed by atoms with van der Waals surface area (Å²) in [7, 11) is 0. The number of carbonyl (C=O) groups excluding carboxylic acids is 2. The van der Waals surface area contributed by atoms with E-state index in [2.05, 4.69) is 21.9 Å². The van der Waals surface area contributed by atoms with E-state index in [9.17, 15) is 9.59 Å². The van der Waals surface area contributed by atoms with Crippen LogP contribution in [0.25, 0.3) is 0 Å². The average Bonchev–Trinajstić information content (AvgIpc) is 3.00. The van der Waals surface area contributed by atoms with Gasteiger partial charge >= 0.3 is 0 Å². The fraction of sp³-hybridized carbons (Fsp3) is 0.333. The molecular weight excluding hydrogens is 397 g/mol. The van der Waals surface area contributed by atoms with Crippen LogP contribution in [-0.4, -0.2) is 53.8 Å². The van der Waals surface area contributed by atoms with Gasteiger partial charge in [-0.15, -0.1) is 0 Å². The van der Waals surface area contributed by atoms with Crippen LogP contribution in [0.1, 0.15) is 12.0 Å². The number of benzene rings is 2. The highest BCUT2D eigenvalue weighted by Gasteiger charge is 2.43. The monoisotopic (exact) mass is 417 g/mol. The van der Waals surface area contributed by atoms with Gasteiger partial charge in [0.05, 0.1) is 28.2 Å². The first-order chi connectivity index (χ1) is 13.5. The van der Waals surface area contributed by atoms with Gasteiger partial charge in [-0.1, -0.05) is 53.5 Å². The van der Waals surface area contributed by atoms with Crippen molar-refractivity contribution in [2.24, 2.45) is 0 Å². The highest BCUT2D eigenvalue weighted by atomic mass is 35.5. The number of hydrogen-bond donors (Lipinski definition) is 0. The minimum Gasteiger partial charge on any atom is -0.297 e. The Hall–Kier alpha value is -1.92. The third kappa shape index (κ3) is 3.94. The maximum absolute atomic E-state index is 13.0. The van der Waals surface area contributed by atoms with Gasteiger partial charge in [-0.25, -0.2) is 4.90 Å². The van der Waals surface area contributed by atoms with Crippen molar-refractivity contribution in [1.82, 2.24) is 9.80 Å². The van der Waals surface area contributed by atoms with Gasteiger partial charge in [0.1, 0.15) is 0 Å². The van der Waals surface area contributed by atoms with Crippen molar-refractivity contribution in [3.05, 3.63) is 64.1 Å². The van der Waals surface area contributed by atoms with Gasteiger partial charge in [0.15, 0.2) is 0 Å². The maximum atomic E-state index is 13.0. The minimum atomic E-state index is -0.402. The van der Waals surface area contributed by atoms with Crippen molar-refractivity contribution in [1.29, 1.82) is 0 Å². The fourth-order valence-corrected chi connectivity index (χ4v) is 4.16. The third-order valence-corrected chi connectivity index (χ3v) is 6.12. The molecule has 2 amide bonds. The lowest BCUT2D eigenvalue weighted by Crippen LogP contribution is -2.52. The summed E-state index contributed by atoms with van der Waals surface area (Å²) in [5, 5.41) is 0.730. The molecule has 2 heterocycles. The Morgan fingerprint density at radius 2 is 1.61 bits per heavy atom. The molecule has 0 radical (unpaired) electrons. The zero-order valence-electron chi connectivity index (χ0n) is 15.4. The third-order valence-electron chi connectivity index (χ3n) is 5.38. The first-order valence-electron chi connectivity index (χ1n) is 9.35. The minimum absolute atomic E-state index is 0.181. The molecule has 0 saturated carbocycles. The lowest BCUT2D eigenvalue weighted by atomic mass is 10.1. The van der Waals surface area contributed by atoms with Crippen LogP contribution < -0.4 is 4.90 Å². The normalized spacial score (nSPS) is 21.5. The zero-order valence-corrected chi connectivity index (χ0v) is 16.9. The van der Waals surface area contributed by atoms with Crippen LogP contribution in [0.5, 0.6) is 0 Å². The van der Waals surface area contributed by atoms with Crippen LogP contribution in [-0.2, 0) is 16.1 Å². The van der Waals surface area contributed by atoms with Crippen LogP contribution in [0, 0.1) is 0 Å². The molecule has 0 N–H and O–H groups in total. The molecule has 146 valence electrons. The van der Waals surface area contributed by atoms with Gasteiger partial charge < -0.3 is 0 Å².